The lowest BCUT2D eigenvalue weighted by Crippen LogP contribution is -2.38. The number of benzene rings is 2. The molecule has 0 bridgehead atoms. The van der Waals surface area contributed by atoms with Crippen LogP contribution in [0.15, 0.2) is 57.7 Å². The first-order valence-corrected chi connectivity index (χ1v) is 10.6. The lowest BCUT2D eigenvalue weighted by Gasteiger charge is -2.21. The van der Waals surface area contributed by atoms with Gasteiger partial charge >= 0.3 is 12.0 Å². The second-order valence-corrected chi connectivity index (χ2v) is 8.43. The Morgan fingerprint density at radius 3 is 2.61 bits per heavy atom. The topological polar surface area (TPSA) is 75.9 Å². The number of nitrogens with zero attached hydrogens (tertiary/aromatic N) is 3. The zero-order valence-corrected chi connectivity index (χ0v) is 18.4. The molecule has 0 atom stereocenters. The molecular formula is C22H18F3N3O4S. The highest BCUT2D eigenvalue weighted by Crippen LogP contribution is 2.33. The van der Waals surface area contributed by atoms with Crippen LogP contribution in [0.25, 0.3) is 21.2 Å². The van der Waals surface area contributed by atoms with Crippen LogP contribution in [0.1, 0.15) is 10.4 Å². The average Bonchev–Trinajstić information content (AvgIpc) is 3.14. The molecule has 0 aliphatic rings. The molecule has 7 nitrogen and oxygen atoms in total. The third kappa shape index (κ3) is 5.15. The van der Waals surface area contributed by atoms with Crippen molar-refractivity contribution in [3.63, 3.8) is 0 Å². The third-order valence-electron chi connectivity index (χ3n) is 4.70. The molecule has 11 heteroatoms. The van der Waals surface area contributed by atoms with Crippen molar-refractivity contribution in [1.29, 1.82) is 0 Å². The van der Waals surface area contributed by atoms with E-state index in [0.29, 0.717) is 27.7 Å². The monoisotopic (exact) mass is 477 g/mol. The van der Waals surface area contributed by atoms with E-state index in [1.807, 2.05) is 19.0 Å². The van der Waals surface area contributed by atoms with Crippen molar-refractivity contribution < 1.29 is 27.1 Å². The highest BCUT2D eigenvalue weighted by molar-refractivity contribution is 7.22. The number of carbonyl (C=O) groups is 1. The van der Waals surface area contributed by atoms with Crippen molar-refractivity contribution in [2.75, 3.05) is 32.1 Å². The van der Waals surface area contributed by atoms with Gasteiger partial charge in [-0.3, -0.25) is 9.69 Å². The standard InChI is InChI=1S/C22H18F3N3O4S/c1-27(2)9-10-28(19(29)15-11-13-5-3-4-6-17(13)31-20(15)30)21-26-16-8-7-14(12-18(16)33-21)32-22(23,24)25/h3-8,11-12H,9-10H2,1-2H3. The van der Waals surface area contributed by atoms with Crippen molar-refractivity contribution in [2.45, 2.75) is 6.36 Å². The van der Waals surface area contributed by atoms with E-state index < -0.39 is 17.9 Å². The zero-order chi connectivity index (χ0) is 23.8. The molecule has 2 heterocycles. The molecule has 0 aliphatic carbocycles. The van der Waals surface area contributed by atoms with Gasteiger partial charge in [-0.15, -0.1) is 13.2 Å². The quantitative estimate of drug-likeness (QED) is 0.381. The molecule has 4 rings (SSSR count). The van der Waals surface area contributed by atoms with Gasteiger partial charge in [-0.2, -0.15) is 0 Å². The Morgan fingerprint density at radius 1 is 1.12 bits per heavy atom. The van der Waals surface area contributed by atoms with Crippen molar-refractivity contribution in [2.24, 2.45) is 0 Å². The summed E-state index contributed by atoms with van der Waals surface area (Å²) in [6.45, 7) is 0.660. The molecule has 0 N–H and O–H groups in total. The molecular weight excluding hydrogens is 459 g/mol. The number of thiazole rings is 1. The normalized spacial score (nSPS) is 11.9. The second-order valence-electron chi connectivity index (χ2n) is 7.42. The maximum atomic E-state index is 13.4. The van der Waals surface area contributed by atoms with Crippen LogP contribution in [-0.4, -0.2) is 49.3 Å². The van der Waals surface area contributed by atoms with Crippen LogP contribution < -0.4 is 15.3 Å². The van der Waals surface area contributed by atoms with Crippen LogP contribution in [0.5, 0.6) is 5.75 Å². The summed E-state index contributed by atoms with van der Waals surface area (Å²) in [5, 5.41) is 0.833. The van der Waals surface area contributed by atoms with Gasteiger partial charge < -0.3 is 14.1 Å². The number of amides is 1. The predicted molar refractivity (Wildman–Crippen MR) is 119 cm³/mol. The molecule has 2 aromatic carbocycles. The molecule has 4 aromatic rings. The van der Waals surface area contributed by atoms with Gasteiger partial charge in [-0.1, -0.05) is 29.5 Å². The fourth-order valence-corrected chi connectivity index (χ4v) is 4.16. The van der Waals surface area contributed by atoms with E-state index in [2.05, 4.69) is 9.72 Å². The van der Waals surface area contributed by atoms with Gasteiger partial charge in [-0.25, -0.2) is 9.78 Å². The Hall–Kier alpha value is -3.44. The van der Waals surface area contributed by atoms with Crippen molar-refractivity contribution in [3.05, 3.63) is 64.5 Å². The predicted octanol–water partition coefficient (Wildman–Crippen LogP) is 4.51. The van der Waals surface area contributed by atoms with Crippen LogP contribution in [0.4, 0.5) is 18.3 Å². The average molecular weight is 477 g/mol. The summed E-state index contributed by atoms with van der Waals surface area (Å²) in [5.41, 5.74) is -0.183. The summed E-state index contributed by atoms with van der Waals surface area (Å²) in [6, 6.07) is 12.0. The van der Waals surface area contributed by atoms with Crippen LogP contribution in [0.2, 0.25) is 0 Å². The van der Waals surface area contributed by atoms with Gasteiger partial charge in [-0.05, 0) is 38.4 Å². The number of alkyl halides is 3. The number of hydrogen-bond acceptors (Lipinski definition) is 7. The second kappa shape index (κ2) is 8.83. The van der Waals surface area contributed by atoms with Gasteiger partial charge in [0.2, 0.25) is 0 Å². The van der Waals surface area contributed by atoms with E-state index in [1.54, 1.807) is 24.3 Å². The number of likely N-dealkylation sites (N-methyl/N-ethyl adjacent to an activating group) is 1. The molecule has 0 radical (unpaired) electrons. The number of fused-ring (bicyclic) bond motifs is 2. The van der Waals surface area contributed by atoms with Gasteiger partial charge in [0, 0.05) is 24.5 Å². The third-order valence-corrected chi connectivity index (χ3v) is 5.74. The Morgan fingerprint density at radius 2 is 1.88 bits per heavy atom. The molecule has 0 aliphatic heterocycles. The number of ether oxygens (including phenoxy) is 1. The number of aromatic nitrogens is 1. The molecule has 1 amide bonds. The SMILES string of the molecule is CN(C)CCN(C(=O)c1cc2ccccc2oc1=O)c1nc2ccc(OC(F)(F)F)cc2s1. The first kappa shape index (κ1) is 22.7. The van der Waals surface area contributed by atoms with Crippen molar-refractivity contribution in [1.82, 2.24) is 9.88 Å². The first-order valence-electron chi connectivity index (χ1n) is 9.76. The number of hydrogen-bond donors (Lipinski definition) is 0. The number of halogens is 3. The summed E-state index contributed by atoms with van der Waals surface area (Å²) >= 11 is 1.03. The molecule has 0 spiro atoms. The number of rotatable bonds is 6. The zero-order valence-electron chi connectivity index (χ0n) is 17.5. The summed E-state index contributed by atoms with van der Waals surface area (Å²) in [6.07, 6.45) is -4.82. The molecule has 2 aromatic heterocycles. The van der Waals surface area contributed by atoms with E-state index in [4.69, 9.17) is 4.42 Å². The summed E-state index contributed by atoms with van der Waals surface area (Å²) in [5.74, 6) is -0.992. The molecule has 0 unspecified atom stereocenters. The largest absolute Gasteiger partial charge is 0.573 e. The molecule has 172 valence electrons. The van der Waals surface area contributed by atoms with E-state index in [1.165, 1.54) is 23.1 Å². The molecule has 33 heavy (non-hydrogen) atoms. The lowest BCUT2D eigenvalue weighted by atomic mass is 10.1. The fraction of sp³-hybridized carbons (Fsp3) is 0.227. The maximum Gasteiger partial charge on any atom is 0.573 e. The van der Waals surface area contributed by atoms with E-state index in [-0.39, 0.29) is 23.0 Å². The Balaban J connectivity index is 1.74. The van der Waals surface area contributed by atoms with Gasteiger partial charge in [0.1, 0.15) is 16.9 Å². The summed E-state index contributed by atoms with van der Waals surface area (Å²) < 4.78 is 47.4. The highest BCUT2D eigenvalue weighted by atomic mass is 32.1. The molecule has 0 saturated carbocycles. The summed E-state index contributed by atoms with van der Waals surface area (Å²) in [7, 11) is 3.65. The van der Waals surface area contributed by atoms with E-state index >= 15 is 0 Å². The van der Waals surface area contributed by atoms with E-state index in [0.717, 1.165) is 17.4 Å². The van der Waals surface area contributed by atoms with Crippen molar-refractivity contribution in [3.8, 4) is 5.75 Å². The van der Waals surface area contributed by atoms with Crippen LogP contribution in [0.3, 0.4) is 0 Å². The number of carbonyl (C=O) groups excluding carboxylic acids is 1. The smallest absolute Gasteiger partial charge is 0.422 e. The molecule has 0 saturated heterocycles. The fourth-order valence-electron chi connectivity index (χ4n) is 3.15. The first-order chi connectivity index (χ1) is 15.6. The van der Waals surface area contributed by atoms with Crippen LogP contribution >= 0.6 is 11.3 Å². The van der Waals surface area contributed by atoms with Crippen LogP contribution in [0, 0.1) is 0 Å². The highest BCUT2D eigenvalue weighted by Gasteiger charge is 2.31. The van der Waals surface area contributed by atoms with Gasteiger partial charge in [0.05, 0.1) is 10.2 Å². The minimum absolute atomic E-state index is 0.159. The molecule has 0 fully saturated rings. The van der Waals surface area contributed by atoms with E-state index in [9.17, 15) is 22.8 Å². The maximum absolute atomic E-state index is 13.4. The van der Waals surface area contributed by atoms with Gasteiger partial charge in [0.25, 0.3) is 5.91 Å². The van der Waals surface area contributed by atoms with Crippen LogP contribution in [-0.2, 0) is 0 Å². The number of para-hydroxylation sites is 1. The lowest BCUT2D eigenvalue weighted by molar-refractivity contribution is -0.274. The minimum Gasteiger partial charge on any atom is -0.422 e. The van der Waals surface area contributed by atoms with Crippen molar-refractivity contribution >= 4 is 43.6 Å². The number of anilines is 1. The minimum atomic E-state index is -4.82. The summed E-state index contributed by atoms with van der Waals surface area (Å²) in [4.78, 5) is 33.5. The Kier molecular flexibility index (Phi) is 6.09. The Bertz CT molecular complexity index is 1380. The van der Waals surface area contributed by atoms with Gasteiger partial charge in [0.15, 0.2) is 5.13 Å². The Labute approximate surface area is 189 Å².